The molecule has 142 valence electrons. The molecule has 1 atom stereocenters. The Morgan fingerprint density at radius 2 is 1.62 bits per heavy atom. The third-order valence-corrected chi connectivity index (χ3v) is 7.37. The zero-order valence-electron chi connectivity index (χ0n) is 16.6. The summed E-state index contributed by atoms with van der Waals surface area (Å²) in [4.78, 5) is 15.4. The Labute approximate surface area is 158 Å². The highest BCUT2D eigenvalue weighted by Gasteiger charge is 2.54. The highest BCUT2D eigenvalue weighted by atomic mass is 16.2. The Morgan fingerprint density at radius 3 is 2.08 bits per heavy atom. The number of amides is 1. The van der Waals surface area contributed by atoms with Crippen LogP contribution in [0.25, 0.3) is 0 Å². The van der Waals surface area contributed by atoms with Gasteiger partial charge in [0.25, 0.3) is 0 Å². The summed E-state index contributed by atoms with van der Waals surface area (Å²) in [5.41, 5.74) is 2.61. The number of nitrogens with zero attached hydrogens (tertiary/aromatic N) is 1. The van der Waals surface area contributed by atoms with Gasteiger partial charge in [0.05, 0.1) is 6.04 Å². The minimum Gasteiger partial charge on any atom is -0.354 e. The Balaban J connectivity index is 1.43. The molecule has 1 aromatic rings. The molecule has 1 amide bonds. The number of likely N-dealkylation sites (N-methyl/N-ethyl adjacent to an activating group) is 1. The Bertz CT molecular complexity index is 613. The molecule has 1 N–H and O–H groups in total. The van der Waals surface area contributed by atoms with Crippen molar-refractivity contribution < 1.29 is 4.79 Å². The predicted octanol–water partition coefficient (Wildman–Crippen LogP) is 4.18. The molecular weight excluding hydrogens is 320 g/mol. The fraction of sp³-hybridized carbons (Fsp3) is 0.696. The van der Waals surface area contributed by atoms with E-state index in [0.29, 0.717) is 12.5 Å². The number of carbonyl (C=O) groups is 1. The van der Waals surface area contributed by atoms with Crippen LogP contribution in [0.15, 0.2) is 24.3 Å². The van der Waals surface area contributed by atoms with Gasteiger partial charge in [-0.05, 0) is 87.9 Å². The van der Waals surface area contributed by atoms with Crippen molar-refractivity contribution in [3.8, 4) is 0 Å². The number of hydrogen-bond acceptors (Lipinski definition) is 2. The Hall–Kier alpha value is -1.35. The molecule has 1 aromatic carbocycles. The van der Waals surface area contributed by atoms with Crippen molar-refractivity contribution >= 4 is 5.91 Å². The monoisotopic (exact) mass is 354 g/mol. The van der Waals surface area contributed by atoms with E-state index in [-0.39, 0.29) is 11.5 Å². The van der Waals surface area contributed by atoms with E-state index >= 15 is 0 Å². The van der Waals surface area contributed by atoms with Gasteiger partial charge < -0.3 is 10.2 Å². The van der Waals surface area contributed by atoms with Crippen molar-refractivity contribution in [1.82, 2.24) is 10.2 Å². The average Bonchev–Trinajstić information content (AvgIpc) is 2.61. The molecule has 0 aliphatic heterocycles. The SMILES string of the molecule is CCc1ccc(C(CNC(=O)C23CC4CC(CC(C4)C2)C3)N(C)C)cc1. The smallest absolute Gasteiger partial charge is 0.226 e. The molecule has 0 aromatic heterocycles. The number of benzene rings is 1. The maximum atomic E-state index is 13.2. The summed E-state index contributed by atoms with van der Waals surface area (Å²) in [5.74, 6) is 2.79. The summed E-state index contributed by atoms with van der Waals surface area (Å²) >= 11 is 0. The van der Waals surface area contributed by atoms with Crippen LogP contribution in [0.3, 0.4) is 0 Å². The fourth-order valence-corrected chi connectivity index (χ4v) is 6.34. The summed E-state index contributed by atoms with van der Waals surface area (Å²) in [7, 11) is 4.21. The van der Waals surface area contributed by atoms with Crippen LogP contribution in [0.1, 0.15) is 62.6 Å². The first-order valence-corrected chi connectivity index (χ1v) is 10.5. The van der Waals surface area contributed by atoms with Gasteiger partial charge in [0.2, 0.25) is 5.91 Å². The molecule has 4 fully saturated rings. The van der Waals surface area contributed by atoms with Gasteiger partial charge in [0, 0.05) is 12.0 Å². The summed E-state index contributed by atoms with van der Waals surface area (Å²) < 4.78 is 0. The van der Waals surface area contributed by atoms with Crippen molar-refractivity contribution in [1.29, 1.82) is 0 Å². The molecular formula is C23H34N2O. The van der Waals surface area contributed by atoms with Crippen LogP contribution < -0.4 is 5.32 Å². The molecule has 3 nitrogen and oxygen atoms in total. The van der Waals surface area contributed by atoms with Crippen molar-refractivity contribution in [3.05, 3.63) is 35.4 Å². The van der Waals surface area contributed by atoms with Crippen LogP contribution in [-0.2, 0) is 11.2 Å². The largest absolute Gasteiger partial charge is 0.354 e. The minimum atomic E-state index is -0.0440. The van der Waals surface area contributed by atoms with E-state index in [1.165, 1.54) is 30.4 Å². The van der Waals surface area contributed by atoms with Gasteiger partial charge in [-0.2, -0.15) is 0 Å². The van der Waals surface area contributed by atoms with Crippen molar-refractivity contribution in [2.45, 2.75) is 57.9 Å². The van der Waals surface area contributed by atoms with E-state index in [4.69, 9.17) is 0 Å². The quantitative estimate of drug-likeness (QED) is 0.831. The number of aryl methyl sites for hydroxylation is 1. The first-order valence-electron chi connectivity index (χ1n) is 10.5. The Morgan fingerprint density at radius 1 is 1.08 bits per heavy atom. The number of hydrogen-bond donors (Lipinski definition) is 1. The molecule has 0 radical (unpaired) electrons. The van der Waals surface area contributed by atoms with E-state index < -0.39 is 0 Å². The van der Waals surface area contributed by atoms with E-state index in [1.807, 2.05) is 0 Å². The van der Waals surface area contributed by atoms with Crippen molar-refractivity contribution in [2.75, 3.05) is 20.6 Å². The van der Waals surface area contributed by atoms with E-state index in [0.717, 1.165) is 43.4 Å². The first kappa shape index (κ1) is 18.0. The fourth-order valence-electron chi connectivity index (χ4n) is 6.34. The van der Waals surface area contributed by atoms with Crippen LogP contribution in [0, 0.1) is 23.2 Å². The van der Waals surface area contributed by atoms with Crippen molar-refractivity contribution in [3.63, 3.8) is 0 Å². The van der Waals surface area contributed by atoms with Gasteiger partial charge in [-0.3, -0.25) is 4.79 Å². The van der Waals surface area contributed by atoms with Gasteiger partial charge in [0.1, 0.15) is 0 Å². The average molecular weight is 355 g/mol. The lowest BCUT2D eigenvalue weighted by molar-refractivity contribution is -0.146. The molecule has 1 unspecified atom stereocenters. The topological polar surface area (TPSA) is 32.3 Å². The maximum Gasteiger partial charge on any atom is 0.226 e. The normalized spacial score (nSPS) is 33.5. The zero-order valence-corrected chi connectivity index (χ0v) is 16.6. The minimum absolute atomic E-state index is 0.0440. The lowest BCUT2D eigenvalue weighted by Crippen LogP contribution is -2.54. The van der Waals surface area contributed by atoms with Crippen LogP contribution in [0.4, 0.5) is 0 Å². The molecule has 0 spiro atoms. The standard InChI is InChI=1S/C23H34N2O/c1-4-16-5-7-20(8-6-16)21(25(2)3)15-24-22(26)23-12-17-9-18(13-23)11-19(10-17)14-23/h5-8,17-19,21H,4,9-15H2,1-3H3,(H,24,26). The number of carbonyl (C=O) groups excluding carboxylic acids is 1. The lowest BCUT2D eigenvalue weighted by atomic mass is 9.49. The molecule has 4 aliphatic carbocycles. The van der Waals surface area contributed by atoms with E-state index in [1.54, 1.807) is 0 Å². The molecule has 3 heteroatoms. The Kier molecular flexibility index (Phi) is 4.85. The molecule has 4 aliphatic rings. The second-order valence-corrected chi connectivity index (χ2v) is 9.48. The second kappa shape index (κ2) is 6.99. The second-order valence-electron chi connectivity index (χ2n) is 9.48. The zero-order chi connectivity index (χ0) is 18.3. The predicted molar refractivity (Wildman–Crippen MR) is 106 cm³/mol. The number of rotatable bonds is 6. The maximum absolute atomic E-state index is 13.2. The van der Waals surface area contributed by atoms with Crippen LogP contribution in [0.5, 0.6) is 0 Å². The van der Waals surface area contributed by atoms with E-state index in [2.05, 4.69) is 55.5 Å². The van der Waals surface area contributed by atoms with Gasteiger partial charge in [-0.25, -0.2) is 0 Å². The van der Waals surface area contributed by atoms with Crippen LogP contribution >= 0.6 is 0 Å². The molecule has 0 saturated heterocycles. The van der Waals surface area contributed by atoms with Gasteiger partial charge in [-0.15, -0.1) is 0 Å². The third kappa shape index (κ3) is 3.31. The van der Waals surface area contributed by atoms with Gasteiger partial charge in [-0.1, -0.05) is 31.2 Å². The van der Waals surface area contributed by atoms with E-state index in [9.17, 15) is 4.79 Å². The molecule has 4 saturated carbocycles. The van der Waals surface area contributed by atoms with Gasteiger partial charge >= 0.3 is 0 Å². The van der Waals surface area contributed by atoms with Crippen LogP contribution in [0.2, 0.25) is 0 Å². The van der Waals surface area contributed by atoms with Gasteiger partial charge in [0.15, 0.2) is 0 Å². The highest BCUT2D eigenvalue weighted by Crippen LogP contribution is 2.60. The molecule has 0 heterocycles. The summed E-state index contributed by atoms with van der Waals surface area (Å²) in [6.07, 6.45) is 8.65. The van der Waals surface area contributed by atoms with Crippen LogP contribution in [-0.4, -0.2) is 31.4 Å². The summed E-state index contributed by atoms with van der Waals surface area (Å²) in [6.45, 7) is 2.89. The lowest BCUT2D eigenvalue weighted by Gasteiger charge is -2.55. The summed E-state index contributed by atoms with van der Waals surface area (Å²) in [5, 5.41) is 3.37. The third-order valence-electron chi connectivity index (χ3n) is 7.37. The molecule has 4 bridgehead atoms. The number of nitrogens with one attached hydrogen (secondary N) is 1. The molecule has 26 heavy (non-hydrogen) atoms. The molecule has 5 rings (SSSR count). The highest BCUT2D eigenvalue weighted by molar-refractivity contribution is 5.83. The van der Waals surface area contributed by atoms with Crippen molar-refractivity contribution in [2.24, 2.45) is 23.2 Å². The summed E-state index contributed by atoms with van der Waals surface area (Å²) in [6, 6.07) is 9.11. The first-order chi connectivity index (χ1) is 12.5.